The van der Waals surface area contributed by atoms with Gasteiger partial charge in [0.25, 0.3) is 5.91 Å². The Morgan fingerprint density at radius 3 is 2.32 bits per heavy atom. The molecular weight excluding hydrogens is 344 g/mol. The van der Waals surface area contributed by atoms with Crippen LogP contribution in [-0.2, 0) is 10.3 Å². The van der Waals surface area contributed by atoms with Crippen LogP contribution < -0.4 is 10.2 Å². The van der Waals surface area contributed by atoms with Crippen molar-refractivity contribution in [1.29, 1.82) is 0 Å². The molecule has 1 heterocycles. The monoisotopic (exact) mass is 368 g/mol. The van der Waals surface area contributed by atoms with Crippen LogP contribution in [0, 0.1) is 6.92 Å². The number of aryl methyl sites for hydroxylation is 1. The molecule has 0 spiro atoms. The Labute approximate surface area is 166 Å². The van der Waals surface area contributed by atoms with E-state index in [1.165, 1.54) is 5.56 Å². The van der Waals surface area contributed by atoms with Gasteiger partial charge in [0.2, 0.25) is 0 Å². The van der Waals surface area contributed by atoms with E-state index < -0.39 is 5.54 Å². The minimum absolute atomic E-state index is 0.0337. The lowest BCUT2D eigenvalue weighted by Gasteiger charge is -2.32. The highest BCUT2D eigenvalue weighted by Crippen LogP contribution is 2.46. The number of hydrogen-bond donors (Lipinski definition) is 1. The van der Waals surface area contributed by atoms with Crippen molar-refractivity contribution in [2.24, 2.45) is 0 Å². The maximum Gasteiger partial charge on any atom is 0.257 e. The summed E-state index contributed by atoms with van der Waals surface area (Å²) >= 11 is 0. The molecule has 3 aromatic carbocycles. The Balaban J connectivity index is 1.81. The lowest BCUT2D eigenvalue weighted by molar-refractivity contribution is -0.121. The number of nitrogens with one attached hydrogen (secondary N) is 1. The fraction of sp³-hybridized carbons (Fsp3) is 0.160. The lowest BCUT2D eigenvalue weighted by Crippen LogP contribution is -2.45. The van der Waals surface area contributed by atoms with Gasteiger partial charge in [-0.1, -0.05) is 72.8 Å². The molecule has 1 atom stereocenters. The minimum atomic E-state index is -0.881. The van der Waals surface area contributed by atoms with E-state index in [-0.39, 0.29) is 5.91 Å². The molecule has 4 rings (SSSR count). The number of anilines is 2. The number of carbonyl (C=O) groups excluding carboxylic acids is 1. The molecule has 140 valence electrons. The number of likely N-dealkylation sites (N-methyl/N-ethyl adjacent to an activating group) is 1. The molecule has 3 heteroatoms. The van der Waals surface area contributed by atoms with Gasteiger partial charge in [-0.15, -0.1) is 0 Å². The van der Waals surface area contributed by atoms with Crippen molar-refractivity contribution in [2.45, 2.75) is 18.9 Å². The van der Waals surface area contributed by atoms with Crippen molar-refractivity contribution in [3.05, 3.63) is 102 Å². The third kappa shape index (κ3) is 2.99. The fourth-order valence-corrected chi connectivity index (χ4v) is 3.95. The molecular formula is C25H24N2O. The first kappa shape index (κ1) is 18.1. The zero-order chi connectivity index (χ0) is 19.7. The Hall–Kier alpha value is -3.33. The third-order valence-corrected chi connectivity index (χ3v) is 5.46. The van der Waals surface area contributed by atoms with Gasteiger partial charge >= 0.3 is 0 Å². The molecule has 0 saturated heterocycles. The first-order valence-corrected chi connectivity index (χ1v) is 9.47. The molecule has 0 saturated carbocycles. The van der Waals surface area contributed by atoms with Crippen LogP contribution in [0.2, 0.25) is 0 Å². The Morgan fingerprint density at radius 2 is 1.61 bits per heavy atom. The summed E-state index contributed by atoms with van der Waals surface area (Å²) < 4.78 is 0. The van der Waals surface area contributed by atoms with E-state index in [2.05, 4.69) is 31.0 Å². The van der Waals surface area contributed by atoms with Gasteiger partial charge in [0.15, 0.2) is 0 Å². The molecule has 28 heavy (non-hydrogen) atoms. The van der Waals surface area contributed by atoms with Crippen LogP contribution in [0.1, 0.15) is 23.1 Å². The number of rotatable bonds is 5. The normalized spacial score (nSPS) is 18.1. The highest BCUT2D eigenvalue weighted by atomic mass is 16.2. The van der Waals surface area contributed by atoms with Crippen molar-refractivity contribution in [3.63, 3.8) is 0 Å². The molecule has 1 unspecified atom stereocenters. The summed E-state index contributed by atoms with van der Waals surface area (Å²) in [6, 6.07) is 26.2. The van der Waals surface area contributed by atoms with E-state index in [9.17, 15) is 4.79 Å². The Morgan fingerprint density at radius 1 is 0.964 bits per heavy atom. The second kappa shape index (κ2) is 7.01. The number of fused-ring (bicyclic) bond motifs is 1. The molecule has 1 amide bonds. The number of benzene rings is 3. The Kier molecular flexibility index (Phi) is 4.52. The van der Waals surface area contributed by atoms with Crippen molar-refractivity contribution < 1.29 is 4.79 Å². The van der Waals surface area contributed by atoms with Crippen LogP contribution in [0.4, 0.5) is 11.4 Å². The molecule has 1 aliphatic heterocycles. The second-order valence-corrected chi connectivity index (χ2v) is 7.42. The summed E-state index contributed by atoms with van der Waals surface area (Å²) in [6.07, 6.45) is 0.491. The van der Waals surface area contributed by atoms with Crippen LogP contribution >= 0.6 is 0 Å². The average molecular weight is 368 g/mol. The summed E-state index contributed by atoms with van der Waals surface area (Å²) in [6.45, 7) is 6.37. The summed E-state index contributed by atoms with van der Waals surface area (Å²) in [5.41, 5.74) is 5.13. The van der Waals surface area contributed by atoms with Crippen molar-refractivity contribution in [3.8, 4) is 0 Å². The number of hydrogen-bond acceptors (Lipinski definition) is 2. The smallest absolute Gasteiger partial charge is 0.257 e. The van der Waals surface area contributed by atoms with Gasteiger partial charge in [-0.25, -0.2) is 0 Å². The summed E-state index contributed by atoms with van der Waals surface area (Å²) in [4.78, 5) is 15.3. The van der Waals surface area contributed by atoms with Gasteiger partial charge in [-0.3, -0.25) is 4.79 Å². The molecule has 0 radical (unpaired) electrons. The first-order valence-electron chi connectivity index (χ1n) is 9.47. The maximum absolute atomic E-state index is 13.5. The minimum Gasteiger partial charge on any atom is -0.367 e. The van der Waals surface area contributed by atoms with Crippen LogP contribution in [0.15, 0.2) is 85.4 Å². The largest absolute Gasteiger partial charge is 0.367 e. The molecule has 3 nitrogen and oxygen atoms in total. The molecule has 3 aromatic rings. The lowest BCUT2D eigenvalue weighted by atomic mass is 9.83. The van der Waals surface area contributed by atoms with Crippen molar-refractivity contribution in [1.82, 2.24) is 0 Å². The van der Waals surface area contributed by atoms with Crippen molar-refractivity contribution >= 4 is 22.9 Å². The van der Waals surface area contributed by atoms with E-state index in [0.29, 0.717) is 6.42 Å². The average Bonchev–Trinajstić information content (AvgIpc) is 2.93. The highest BCUT2D eigenvalue weighted by molar-refractivity contribution is 6.10. The van der Waals surface area contributed by atoms with Gasteiger partial charge < -0.3 is 10.2 Å². The quantitative estimate of drug-likeness (QED) is 0.655. The van der Waals surface area contributed by atoms with Crippen LogP contribution in [0.5, 0.6) is 0 Å². The zero-order valence-electron chi connectivity index (χ0n) is 16.3. The topological polar surface area (TPSA) is 32.3 Å². The molecule has 1 aliphatic rings. The predicted octanol–water partition coefficient (Wildman–Crippen LogP) is 5.38. The highest BCUT2D eigenvalue weighted by Gasteiger charge is 2.50. The van der Waals surface area contributed by atoms with Gasteiger partial charge in [-0.2, -0.15) is 0 Å². The van der Waals surface area contributed by atoms with Gasteiger partial charge in [0.1, 0.15) is 5.54 Å². The van der Waals surface area contributed by atoms with Crippen LogP contribution in [0.3, 0.4) is 0 Å². The number of carbonyl (C=O) groups is 1. The van der Waals surface area contributed by atoms with E-state index in [1.807, 2.05) is 73.8 Å². The van der Waals surface area contributed by atoms with E-state index in [0.717, 1.165) is 28.1 Å². The van der Waals surface area contributed by atoms with E-state index in [4.69, 9.17) is 0 Å². The molecule has 0 bridgehead atoms. The fourth-order valence-electron chi connectivity index (χ4n) is 3.95. The second-order valence-electron chi connectivity index (χ2n) is 7.42. The van der Waals surface area contributed by atoms with Crippen LogP contribution in [-0.4, -0.2) is 13.0 Å². The first-order chi connectivity index (χ1) is 13.5. The maximum atomic E-state index is 13.5. The van der Waals surface area contributed by atoms with Crippen LogP contribution in [0.25, 0.3) is 5.57 Å². The SMILES string of the molecule is C=C(CC1(Nc2ccc(C)cc2)C(=O)N(C)c2ccccc21)c1ccccc1. The molecule has 0 fully saturated rings. The zero-order valence-corrected chi connectivity index (χ0v) is 16.3. The number of amides is 1. The third-order valence-electron chi connectivity index (χ3n) is 5.46. The predicted molar refractivity (Wildman–Crippen MR) is 116 cm³/mol. The number of para-hydroxylation sites is 1. The van der Waals surface area contributed by atoms with E-state index >= 15 is 0 Å². The van der Waals surface area contributed by atoms with Crippen molar-refractivity contribution in [2.75, 3.05) is 17.3 Å². The van der Waals surface area contributed by atoms with Gasteiger partial charge in [-0.05, 0) is 36.3 Å². The summed E-state index contributed by atoms with van der Waals surface area (Å²) in [5.74, 6) is 0.0337. The summed E-state index contributed by atoms with van der Waals surface area (Å²) in [5, 5.41) is 3.57. The molecule has 1 N–H and O–H groups in total. The number of nitrogens with zero attached hydrogens (tertiary/aromatic N) is 1. The molecule has 0 aliphatic carbocycles. The Bertz CT molecular complexity index is 1020. The van der Waals surface area contributed by atoms with Gasteiger partial charge in [0.05, 0.1) is 0 Å². The standard InChI is InChI=1S/C25H24N2O/c1-18-13-15-21(16-14-18)26-25(17-19(2)20-9-5-4-6-10-20)22-11-7-8-12-23(22)27(3)24(25)28/h4-16,26H,2,17H2,1,3H3. The molecule has 0 aromatic heterocycles. The van der Waals surface area contributed by atoms with Gasteiger partial charge in [0, 0.05) is 30.4 Å². The van der Waals surface area contributed by atoms with E-state index in [1.54, 1.807) is 4.90 Å². The summed E-state index contributed by atoms with van der Waals surface area (Å²) in [7, 11) is 1.84.